The summed E-state index contributed by atoms with van der Waals surface area (Å²) in [5.74, 6) is 7.18. The standard InChI is InChI=1S/C16H27N3O/c1-11(2)20-13-8-12(9-18-10-13)15(19-17)14-6-5-7-16(14,3)4/h8-11,14-15,19H,5-7,17H2,1-4H3. The van der Waals surface area contributed by atoms with Crippen LogP contribution in [0.25, 0.3) is 0 Å². The molecule has 0 bridgehead atoms. The van der Waals surface area contributed by atoms with Crippen LogP contribution in [0.4, 0.5) is 0 Å². The predicted octanol–water partition coefficient (Wildman–Crippen LogP) is 3.20. The quantitative estimate of drug-likeness (QED) is 0.641. The lowest BCUT2D eigenvalue weighted by Gasteiger charge is -2.34. The van der Waals surface area contributed by atoms with Crippen molar-refractivity contribution in [2.45, 2.75) is 59.1 Å². The van der Waals surface area contributed by atoms with Gasteiger partial charge in [-0.2, -0.15) is 0 Å². The Morgan fingerprint density at radius 1 is 1.40 bits per heavy atom. The topological polar surface area (TPSA) is 60.2 Å². The van der Waals surface area contributed by atoms with Crippen LogP contribution < -0.4 is 16.0 Å². The lowest BCUT2D eigenvalue weighted by Crippen LogP contribution is -2.37. The molecule has 4 nitrogen and oxygen atoms in total. The first-order valence-electron chi connectivity index (χ1n) is 7.52. The van der Waals surface area contributed by atoms with E-state index in [0.29, 0.717) is 11.3 Å². The van der Waals surface area contributed by atoms with E-state index >= 15 is 0 Å². The molecule has 3 N–H and O–H groups in total. The highest BCUT2D eigenvalue weighted by molar-refractivity contribution is 5.27. The Balaban J connectivity index is 2.23. The van der Waals surface area contributed by atoms with Crippen molar-refractivity contribution in [2.75, 3.05) is 0 Å². The van der Waals surface area contributed by atoms with Crippen LogP contribution in [0, 0.1) is 11.3 Å². The molecule has 0 saturated heterocycles. The monoisotopic (exact) mass is 277 g/mol. The minimum Gasteiger partial charge on any atom is -0.489 e. The summed E-state index contributed by atoms with van der Waals surface area (Å²) in [7, 11) is 0. The van der Waals surface area contributed by atoms with Gasteiger partial charge in [-0.1, -0.05) is 20.3 Å². The van der Waals surface area contributed by atoms with Crippen molar-refractivity contribution < 1.29 is 4.74 Å². The smallest absolute Gasteiger partial charge is 0.138 e. The average Bonchev–Trinajstić information content (AvgIpc) is 2.70. The summed E-state index contributed by atoms with van der Waals surface area (Å²) in [6.07, 6.45) is 7.54. The average molecular weight is 277 g/mol. The van der Waals surface area contributed by atoms with E-state index in [1.807, 2.05) is 20.0 Å². The fourth-order valence-corrected chi connectivity index (χ4v) is 3.36. The molecular weight excluding hydrogens is 250 g/mol. The number of ether oxygens (including phenoxy) is 1. The Bertz CT molecular complexity index is 445. The molecule has 2 atom stereocenters. The summed E-state index contributed by atoms with van der Waals surface area (Å²) in [5.41, 5.74) is 4.43. The third kappa shape index (κ3) is 3.30. The van der Waals surface area contributed by atoms with Gasteiger partial charge in [0.25, 0.3) is 0 Å². The molecular formula is C16H27N3O. The molecule has 112 valence electrons. The number of hydrogen-bond acceptors (Lipinski definition) is 4. The second kappa shape index (κ2) is 6.10. The first-order chi connectivity index (χ1) is 9.44. The Morgan fingerprint density at radius 2 is 2.15 bits per heavy atom. The predicted molar refractivity (Wildman–Crippen MR) is 81.2 cm³/mol. The molecule has 0 spiro atoms. The van der Waals surface area contributed by atoms with Crippen molar-refractivity contribution in [2.24, 2.45) is 17.2 Å². The van der Waals surface area contributed by atoms with Gasteiger partial charge in [0, 0.05) is 6.20 Å². The maximum absolute atomic E-state index is 5.84. The first kappa shape index (κ1) is 15.3. The number of hydrazine groups is 1. The molecule has 1 aromatic rings. The highest BCUT2D eigenvalue weighted by Crippen LogP contribution is 2.48. The number of nitrogens with zero attached hydrogens (tertiary/aromatic N) is 1. The van der Waals surface area contributed by atoms with E-state index in [4.69, 9.17) is 10.6 Å². The molecule has 1 heterocycles. The molecule has 0 radical (unpaired) electrons. The number of pyridine rings is 1. The Kier molecular flexibility index (Phi) is 4.66. The molecule has 20 heavy (non-hydrogen) atoms. The number of nitrogens with two attached hydrogens (primary N) is 1. The van der Waals surface area contributed by atoms with Gasteiger partial charge in [0.1, 0.15) is 5.75 Å². The van der Waals surface area contributed by atoms with Gasteiger partial charge in [0.05, 0.1) is 18.3 Å². The van der Waals surface area contributed by atoms with Crippen LogP contribution in [0.2, 0.25) is 0 Å². The Labute approximate surface area is 122 Å². The van der Waals surface area contributed by atoms with Crippen LogP contribution in [0.1, 0.15) is 58.6 Å². The zero-order valence-corrected chi connectivity index (χ0v) is 13.0. The number of aromatic nitrogens is 1. The molecule has 0 aliphatic heterocycles. The summed E-state index contributed by atoms with van der Waals surface area (Å²) < 4.78 is 5.73. The van der Waals surface area contributed by atoms with E-state index in [-0.39, 0.29) is 12.1 Å². The molecule has 1 aromatic heterocycles. The van der Waals surface area contributed by atoms with Gasteiger partial charge in [-0.25, -0.2) is 0 Å². The lowest BCUT2D eigenvalue weighted by atomic mass is 9.76. The second-order valence-electron chi connectivity index (χ2n) is 6.75. The van der Waals surface area contributed by atoms with Crippen molar-refractivity contribution in [1.29, 1.82) is 0 Å². The van der Waals surface area contributed by atoms with E-state index in [1.165, 1.54) is 19.3 Å². The highest BCUT2D eigenvalue weighted by atomic mass is 16.5. The zero-order valence-electron chi connectivity index (χ0n) is 13.0. The van der Waals surface area contributed by atoms with Crippen molar-refractivity contribution in [3.8, 4) is 5.75 Å². The van der Waals surface area contributed by atoms with E-state index < -0.39 is 0 Å². The van der Waals surface area contributed by atoms with Crippen LogP contribution >= 0.6 is 0 Å². The van der Waals surface area contributed by atoms with Crippen LogP contribution in [0.3, 0.4) is 0 Å². The number of nitrogens with one attached hydrogen (secondary N) is 1. The van der Waals surface area contributed by atoms with Gasteiger partial charge in [-0.15, -0.1) is 0 Å². The minimum atomic E-state index is 0.135. The molecule has 1 aliphatic rings. The van der Waals surface area contributed by atoms with E-state index in [9.17, 15) is 0 Å². The number of hydrogen-bond donors (Lipinski definition) is 2. The SMILES string of the molecule is CC(C)Oc1cncc(C(NN)C2CCCC2(C)C)c1. The van der Waals surface area contributed by atoms with E-state index in [1.54, 1.807) is 6.20 Å². The maximum atomic E-state index is 5.84. The van der Waals surface area contributed by atoms with E-state index in [0.717, 1.165) is 11.3 Å². The van der Waals surface area contributed by atoms with Crippen molar-refractivity contribution in [1.82, 2.24) is 10.4 Å². The first-order valence-corrected chi connectivity index (χ1v) is 7.52. The Hall–Kier alpha value is -1.13. The van der Waals surface area contributed by atoms with E-state index in [2.05, 4.69) is 30.3 Å². The Morgan fingerprint density at radius 3 is 2.70 bits per heavy atom. The van der Waals surface area contributed by atoms with Crippen molar-refractivity contribution in [3.05, 3.63) is 24.0 Å². The molecule has 2 rings (SSSR count). The molecule has 4 heteroatoms. The lowest BCUT2D eigenvalue weighted by molar-refractivity contribution is 0.197. The van der Waals surface area contributed by atoms with Gasteiger partial charge in [-0.05, 0) is 49.7 Å². The van der Waals surface area contributed by atoms with Gasteiger partial charge < -0.3 is 4.74 Å². The van der Waals surface area contributed by atoms with Gasteiger partial charge in [0.15, 0.2) is 0 Å². The van der Waals surface area contributed by atoms with Gasteiger partial charge in [-0.3, -0.25) is 16.3 Å². The maximum Gasteiger partial charge on any atom is 0.138 e. The molecule has 0 amide bonds. The number of rotatable bonds is 5. The van der Waals surface area contributed by atoms with Crippen LogP contribution in [-0.2, 0) is 0 Å². The van der Waals surface area contributed by atoms with Crippen molar-refractivity contribution >= 4 is 0 Å². The molecule has 1 fully saturated rings. The van der Waals surface area contributed by atoms with Crippen LogP contribution in [-0.4, -0.2) is 11.1 Å². The molecule has 1 saturated carbocycles. The summed E-state index contributed by atoms with van der Waals surface area (Å²) in [6.45, 7) is 8.70. The van der Waals surface area contributed by atoms with Gasteiger partial charge >= 0.3 is 0 Å². The normalized spacial score (nSPS) is 23.0. The highest BCUT2D eigenvalue weighted by Gasteiger charge is 2.39. The third-order valence-electron chi connectivity index (χ3n) is 4.39. The molecule has 2 unspecified atom stereocenters. The fourth-order valence-electron chi connectivity index (χ4n) is 3.36. The summed E-state index contributed by atoms with van der Waals surface area (Å²) in [5, 5.41) is 0. The summed E-state index contributed by atoms with van der Waals surface area (Å²) in [6, 6.07) is 2.20. The second-order valence-corrected chi connectivity index (χ2v) is 6.75. The van der Waals surface area contributed by atoms with Gasteiger partial charge in [0.2, 0.25) is 0 Å². The van der Waals surface area contributed by atoms with Crippen LogP contribution in [0.15, 0.2) is 18.5 Å². The minimum absolute atomic E-state index is 0.135. The fraction of sp³-hybridized carbons (Fsp3) is 0.688. The largest absolute Gasteiger partial charge is 0.489 e. The summed E-state index contributed by atoms with van der Waals surface area (Å²) >= 11 is 0. The third-order valence-corrected chi connectivity index (χ3v) is 4.39. The molecule has 0 aromatic carbocycles. The molecule has 1 aliphatic carbocycles. The zero-order chi connectivity index (χ0) is 14.8. The van der Waals surface area contributed by atoms with Crippen molar-refractivity contribution in [3.63, 3.8) is 0 Å². The summed E-state index contributed by atoms with van der Waals surface area (Å²) in [4.78, 5) is 4.31. The van der Waals surface area contributed by atoms with Crippen LogP contribution in [0.5, 0.6) is 5.75 Å².